The molecule has 2 heteroatoms. The van der Waals surface area contributed by atoms with Gasteiger partial charge in [-0.05, 0) is 89.3 Å². The van der Waals surface area contributed by atoms with Crippen LogP contribution in [-0.2, 0) is 12.8 Å². The molecule has 0 aliphatic heterocycles. The lowest BCUT2D eigenvalue weighted by Gasteiger charge is -2.11. The molecule has 0 spiro atoms. The van der Waals surface area contributed by atoms with Gasteiger partial charge in [-0.2, -0.15) is 0 Å². The number of amidine groups is 1. The zero-order valence-electron chi connectivity index (χ0n) is 23.6. The fraction of sp³-hybridized carbons (Fsp3) is 0.128. The van der Waals surface area contributed by atoms with Crippen LogP contribution in [0.25, 0.3) is 22.4 Å². The van der Waals surface area contributed by atoms with Crippen molar-refractivity contribution in [3.05, 3.63) is 166 Å². The minimum absolute atomic E-state index is 0.683. The second-order valence-corrected chi connectivity index (χ2v) is 11.2. The van der Waals surface area contributed by atoms with E-state index in [0.717, 1.165) is 41.8 Å². The van der Waals surface area contributed by atoms with E-state index >= 15 is 0 Å². The Kier molecular flexibility index (Phi) is 6.32. The highest BCUT2D eigenvalue weighted by Gasteiger charge is 2.22. The first-order valence-corrected chi connectivity index (χ1v) is 14.3. The Labute approximate surface area is 242 Å². The summed E-state index contributed by atoms with van der Waals surface area (Å²) in [7, 11) is 0. The molecule has 4 aromatic carbocycles. The van der Waals surface area contributed by atoms with Gasteiger partial charge in [-0.1, -0.05) is 121 Å². The molecule has 4 aromatic rings. The Morgan fingerprint density at radius 1 is 0.732 bits per heavy atom. The van der Waals surface area contributed by atoms with Crippen LogP contribution in [-0.4, -0.2) is 11.5 Å². The van der Waals surface area contributed by atoms with Gasteiger partial charge >= 0.3 is 0 Å². The minimum Gasteiger partial charge on any atom is -0.233 e. The van der Waals surface area contributed by atoms with E-state index in [4.69, 9.17) is 9.98 Å². The van der Waals surface area contributed by atoms with Crippen molar-refractivity contribution >= 4 is 22.8 Å². The summed E-state index contributed by atoms with van der Waals surface area (Å²) in [6.07, 6.45) is 11.7. The highest BCUT2D eigenvalue weighted by Crippen LogP contribution is 2.39. The standard InChI is InChI=1S/C39H32N2/c1-25-16-18-28(19-17-25)39(41-27(3)33-14-9-15-37-35-13-8-7-11-31(35)24-38(33)37)40-26(2)29-20-21-36-32(22-29)23-30-10-5-4-6-12-34(30)36/h4-9,11-22H,2,10,23-24H2,1,3H3/b40-39-,41-27+. The average molecular weight is 529 g/mol. The summed E-state index contributed by atoms with van der Waals surface area (Å²) < 4.78 is 0. The van der Waals surface area contributed by atoms with Crippen molar-refractivity contribution in [2.75, 3.05) is 0 Å². The Morgan fingerprint density at radius 3 is 2.41 bits per heavy atom. The number of hydrogen-bond acceptors (Lipinski definition) is 1. The summed E-state index contributed by atoms with van der Waals surface area (Å²) in [5.41, 5.74) is 17.0. The lowest BCUT2D eigenvalue weighted by atomic mass is 9.98. The molecule has 0 heterocycles. The van der Waals surface area contributed by atoms with Gasteiger partial charge in [0.1, 0.15) is 0 Å². The topological polar surface area (TPSA) is 24.7 Å². The van der Waals surface area contributed by atoms with E-state index in [9.17, 15) is 0 Å². The lowest BCUT2D eigenvalue weighted by molar-refractivity contribution is 1.11. The van der Waals surface area contributed by atoms with Crippen molar-refractivity contribution in [1.29, 1.82) is 0 Å². The third kappa shape index (κ3) is 4.66. The predicted molar refractivity (Wildman–Crippen MR) is 174 cm³/mol. The molecule has 41 heavy (non-hydrogen) atoms. The van der Waals surface area contributed by atoms with Gasteiger partial charge in [0.05, 0.1) is 5.70 Å². The minimum atomic E-state index is 0.683. The Balaban J connectivity index is 1.26. The third-order valence-electron chi connectivity index (χ3n) is 8.45. The van der Waals surface area contributed by atoms with E-state index in [2.05, 4.69) is 130 Å². The molecule has 0 amide bonds. The van der Waals surface area contributed by atoms with Crippen LogP contribution in [0.1, 0.15) is 57.9 Å². The van der Waals surface area contributed by atoms with Crippen LogP contribution in [0.15, 0.2) is 131 Å². The number of fused-ring (bicyclic) bond motifs is 5. The van der Waals surface area contributed by atoms with E-state index in [1.165, 1.54) is 55.7 Å². The van der Waals surface area contributed by atoms with Gasteiger partial charge in [0, 0.05) is 11.3 Å². The van der Waals surface area contributed by atoms with Gasteiger partial charge in [0.2, 0.25) is 0 Å². The van der Waals surface area contributed by atoms with Gasteiger partial charge in [0.15, 0.2) is 5.84 Å². The first-order chi connectivity index (χ1) is 20.0. The van der Waals surface area contributed by atoms with Gasteiger partial charge in [-0.25, -0.2) is 9.98 Å². The van der Waals surface area contributed by atoms with E-state index < -0.39 is 0 Å². The number of aliphatic imine (C=N–C) groups is 2. The molecular formula is C39H32N2. The molecule has 0 radical (unpaired) electrons. The van der Waals surface area contributed by atoms with Gasteiger partial charge in [0.25, 0.3) is 0 Å². The van der Waals surface area contributed by atoms with Crippen LogP contribution < -0.4 is 0 Å². The molecule has 0 bridgehead atoms. The summed E-state index contributed by atoms with van der Waals surface area (Å²) >= 11 is 0. The molecule has 0 unspecified atom stereocenters. The Morgan fingerprint density at radius 2 is 1.54 bits per heavy atom. The zero-order chi connectivity index (χ0) is 27.9. The first kappa shape index (κ1) is 25.2. The van der Waals surface area contributed by atoms with Gasteiger partial charge < -0.3 is 0 Å². The summed E-state index contributed by atoms with van der Waals surface area (Å²) in [5, 5.41) is 0. The normalized spacial score (nSPS) is 15.4. The maximum Gasteiger partial charge on any atom is 0.160 e. The first-order valence-electron chi connectivity index (χ1n) is 14.3. The fourth-order valence-electron chi connectivity index (χ4n) is 6.29. The van der Waals surface area contributed by atoms with E-state index in [1.807, 2.05) is 0 Å². The third-order valence-corrected chi connectivity index (χ3v) is 8.45. The van der Waals surface area contributed by atoms with E-state index in [0.29, 0.717) is 5.84 Å². The zero-order valence-corrected chi connectivity index (χ0v) is 23.6. The summed E-state index contributed by atoms with van der Waals surface area (Å²) in [6.45, 7) is 8.61. The number of hydrogen-bond donors (Lipinski definition) is 0. The number of aryl methyl sites for hydroxylation is 1. The molecule has 0 saturated carbocycles. The molecule has 0 aromatic heterocycles. The monoisotopic (exact) mass is 528 g/mol. The van der Waals surface area contributed by atoms with Crippen molar-refractivity contribution in [2.24, 2.45) is 9.98 Å². The van der Waals surface area contributed by atoms with Crippen LogP contribution in [0.2, 0.25) is 0 Å². The molecule has 3 aliphatic carbocycles. The van der Waals surface area contributed by atoms with Crippen molar-refractivity contribution in [2.45, 2.75) is 33.1 Å². The van der Waals surface area contributed by atoms with Crippen LogP contribution >= 0.6 is 0 Å². The lowest BCUT2D eigenvalue weighted by Crippen LogP contribution is -2.06. The smallest absolute Gasteiger partial charge is 0.160 e. The summed E-state index contributed by atoms with van der Waals surface area (Å²) in [5.74, 6) is 0.683. The quantitative estimate of drug-likeness (QED) is 0.164. The molecule has 2 nitrogen and oxygen atoms in total. The Hall–Kier alpha value is -4.82. The maximum absolute atomic E-state index is 5.18. The Bertz CT molecular complexity index is 1870. The molecule has 7 rings (SSSR count). The fourth-order valence-corrected chi connectivity index (χ4v) is 6.29. The van der Waals surface area contributed by atoms with E-state index in [1.54, 1.807) is 0 Å². The predicted octanol–water partition coefficient (Wildman–Crippen LogP) is 9.32. The number of rotatable bonds is 4. The van der Waals surface area contributed by atoms with Crippen LogP contribution in [0.3, 0.4) is 0 Å². The van der Waals surface area contributed by atoms with Crippen molar-refractivity contribution in [3.63, 3.8) is 0 Å². The van der Waals surface area contributed by atoms with Crippen LogP contribution in [0.4, 0.5) is 0 Å². The molecule has 3 aliphatic rings. The molecule has 198 valence electrons. The van der Waals surface area contributed by atoms with Crippen LogP contribution in [0, 0.1) is 6.92 Å². The molecule has 0 N–H and O–H groups in total. The highest BCUT2D eigenvalue weighted by molar-refractivity contribution is 6.14. The number of nitrogens with zero attached hydrogens (tertiary/aromatic N) is 2. The molecular weight excluding hydrogens is 496 g/mol. The highest BCUT2D eigenvalue weighted by atomic mass is 14.9. The number of benzene rings is 4. The van der Waals surface area contributed by atoms with E-state index in [-0.39, 0.29) is 0 Å². The second kappa shape index (κ2) is 10.3. The maximum atomic E-state index is 5.18. The molecule has 0 atom stereocenters. The average Bonchev–Trinajstić information content (AvgIpc) is 3.45. The molecule has 0 saturated heterocycles. The molecule has 0 fully saturated rings. The van der Waals surface area contributed by atoms with Gasteiger partial charge in [-0.3, -0.25) is 0 Å². The SMILES string of the molecule is C=C(/N=C(\N=C(/C)c1cccc2c1Cc1ccccc1-2)c1ccc(C)cc1)c1ccc2c(c1)CC1=C2C=CC=CC1. The van der Waals surface area contributed by atoms with Crippen LogP contribution in [0.5, 0.6) is 0 Å². The van der Waals surface area contributed by atoms with Crippen molar-refractivity contribution in [1.82, 2.24) is 0 Å². The summed E-state index contributed by atoms with van der Waals surface area (Å²) in [4.78, 5) is 10.2. The largest absolute Gasteiger partial charge is 0.233 e. The van der Waals surface area contributed by atoms with Gasteiger partial charge in [-0.15, -0.1) is 0 Å². The number of allylic oxidation sites excluding steroid dienone is 6. The van der Waals surface area contributed by atoms with Crippen molar-refractivity contribution in [3.8, 4) is 11.1 Å². The second-order valence-electron chi connectivity index (χ2n) is 11.2. The summed E-state index contributed by atoms with van der Waals surface area (Å²) in [6, 6.07) is 30.3. The van der Waals surface area contributed by atoms with Crippen molar-refractivity contribution < 1.29 is 0 Å².